The molecule has 0 radical (unpaired) electrons. The lowest BCUT2D eigenvalue weighted by atomic mass is 9.96. The Morgan fingerprint density at radius 2 is 1.74 bits per heavy atom. The summed E-state index contributed by atoms with van der Waals surface area (Å²) in [7, 11) is 0. The first-order valence-electron chi connectivity index (χ1n) is 5.89. The maximum Gasteiger partial charge on any atom is 0.295 e. The van der Waals surface area contributed by atoms with E-state index in [2.05, 4.69) is 4.98 Å². The van der Waals surface area contributed by atoms with Gasteiger partial charge in [0.2, 0.25) is 0 Å². The highest BCUT2D eigenvalue weighted by molar-refractivity contribution is 5.76. The van der Waals surface area contributed by atoms with Crippen molar-refractivity contribution < 1.29 is 4.92 Å². The zero-order valence-electron chi connectivity index (χ0n) is 11.1. The highest BCUT2D eigenvalue weighted by atomic mass is 16.6. The van der Waals surface area contributed by atoms with E-state index in [1.54, 1.807) is 0 Å². The quantitative estimate of drug-likeness (QED) is 0.661. The van der Waals surface area contributed by atoms with Crippen molar-refractivity contribution >= 4 is 11.5 Å². The number of hydrogen-bond acceptors (Lipinski definition) is 4. The first-order valence-corrected chi connectivity index (χ1v) is 5.89. The fourth-order valence-electron chi connectivity index (χ4n) is 2.35. The molecule has 0 amide bonds. The number of anilines is 1. The lowest BCUT2D eigenvalue weighted by molar-refractivity contribution is -0.384. The molecule has 0 aliphatic rings. The average Bonchev–Trinajstić information content (AvgIpc) is 2.27. The fraction of sp³-hybridized carbons (Fsp3) is 0.214. The summed E-state index contributed by atoms with van der Waals surface area (Å²) < 4.78 is 0. The van der Waals surface area contributed by atoms with Crippen LogP contribution in [-0.2, 0) is 0 Å². The molecule has 0 saturated heterocycles. The first-order chi connectivity index (χ1) is 8.90. The van der Waals surface area contributed by atoms with Gasteiger partial charge in [0.25, 0.3) is 5.69 Å². The number of nitrogens with two attached hydrogens (primary N) is 1. The number of nitro groups is 1. The summed E-state index contributed by atoms with van der Waals surface area (Å²) in [6.07, 6.45) is 0. The van der Waals surface area contributed by atoms with E-state index in [0.717, 1.165) is 22.3 Å². The molecular formula is C14H15N3O2. The molecule has 0 spiro atoms. The third kappa shape index (κ3) is 2.40. The molecule has 0 aliphatic heterocycles. The van der Waals surface area contributed by atoms with E-state index in [1.807, 2.05) is 32.9 Å². The van der Waals surface area contributed by atoms with Gasteiger partial charge in [-0.1, -0.05) is 17.7 Å². The number of rotatable bonds is 2. The number of benzene rings is 1. The minimum atomic E-state index is -0.430. The normalized spacial score (nSPS) is 10.5. The van der Waals surface area contributed by atoms with Crippen LogP contribution >= 0.6 is 0 Å². The lowest BCUT2D eigenvalue weighted by Gasteiger charge is -2.11. The van der Waals surface area contributed by atoms with Crippen LogP contribution < -0.4 is 5.73 Å². The number of nitrogens with zero attached hydrogens (tertiary/aromatic N) is 2. The summed E-state index contributed by atoms with van der Waals surface area (Å²) in [5, 5.41) is 11.1. The Morgan fingerprint density at radius 3 is 2.26 bits per heavy atom. The van der Waals surface area contributed by atoms with Crippen LogP contribution in [0.2, 0.25) is 0 Å². The molecule has 0 bridgehead atoms. The SMILES string of the molecule is Cc1cc(C)c(-c2nc(N)ccc2[N+](=O)[O-])c(C)c1. The second-order valence-corrected chi connectivity index (χ2v) is 4.63. The van der Waals surface area contributed by atoms with Crippen LogP contribution in [0.5, 0.6) is 0 Å². The van der Waals surface area contributed by atoms with Gasteiger partial charge in [-0.3, -0.25) is 10.1 Å². The number of aryl methyl sites for hydroxylation is 3. The molecule has 5 nitrogen and oxygen atoms in total. The van der Waals surface area contributed by atoms with Crippen LogP contribution in [-0.4, -0.2) is 9.91 Å². The van der Waals surface area contributed by atoms with E-state index >= 15 is 0 Å². The van der Waals surface area contributed by atoms with Crippen LogP contribution in [0.3, 0.4) is 0 Å². The van der Waals surface area contributed by atoms with Crippen molar-refractivity contribution in [3.8, 4) is 11.3 Å². The Hall–Kier alpha value is -2.43. The van der Waals surface area contributed by atoms with Crippen molar-refractivity contribution in [1.29, 1.82) is 0 Å². The molecule has 19 heavy (non-hydrogen) atoms. The van der Waals surface area contributed by atoms with Crippen molar-refractivity contribution in [3.63, 3.8) is 0 Å². The maximum atomic E-state index is 11.1. The Bertz CT molecular complexity index is 643. The number of aromatic nitrogens is 1. The zero-order chi connectivity index (χ0) is 14.2. The maximum absolute atomic E-state index is 11.1. The van der Waals surface area contributed by atoms with Crippen molar-refractivity contribution in [2.24, 2.45) is 0 Å². The van der Waals surface area contributed by atoms with E-state index in [4.69, 9.17) is 5.73 Å². The van der Waals surface area contributed by atoms with Gasteiger partial charge in [0.15, 0.2) is 5.69 Å². The van der Waals surface area contributed by atoms with Gasteiger partial charge in [0.1, 0.15) is 5.82 Å². The van der Waals surface area contributed by atoms with Crippen molar-refractivity contribution in [2.45, 2.75) is 20.8 Å². The molecular weight excluding hydrogens is 242 g/mol. The van der Waals surface area contributed by atoms with Gasteiger partial charge in [-0.2, -0.15) is 0 Å². The van der Waals surface area contributed by atoms with Crippen molar-refractivity contribution in [1.82, 2.24) is 4.98 Å². The Kier molecular flexibility index (Phi) is 3.21. The van der Waals surface area contributed by atoms with E-state index in [-0.39, 0.29) is 11.5 Å². The van der Waals surface area contributed by atoms with Gasteiger partial charge < -0.3 is 5.73 Å². The van der Waals surface area contributed by atoms with Crippen LogP contribution in [0.25, 0.3) is 11.3 Å². The molecule has 0 atom stereocenters. The van der Waals surface area contributed by atoms with Gasteiger partial charge in [-0.25, -0.2) is 4.98 Å². The molecule has 1 heterocycles. The Balaban J connectivity index is 2.78. The highest BCUT2D eigenvalue weighted by Gasteiger charge is 2.20. The first kappa shape index (κ1) is 13.0. The molecule has 1 aromatic carbocycles. The molecule has 98 valence electrons. The average molecular weight is 257 g/mol. The molecule has 5 heteroatoms. The van der Waals surface area contributed by atoms with Crippen molar-refractivity contribution in [3.05, 3.63) is 51.1 Å². The summed E-state index contributed by atoms with van der Waals surface area (Å²) >= 11 is 0. The minimum Gasteiger partial charge on any atom is -0.384 e. The van der Waals surface area contributed by atoms with E-state index in [9.17, 15) is 10.1 Å². The minimum absolute atomic E-state index is 0.0238. The summed E-state index contributed by atoms with van der Waals surface area (Å²) in [4.78, 5) is 14.8. The largest absolute Gasteiger partial charge is 0.384 e. The van der Waals surface area contributed by atoms with Gasteiger partial charge in [-0.05, 0) is 38.0 Å². The molecule has 2 aromatic rings. The predicted octanol–water partition coefficient (Wildman–Crippen LogP) is 3.16. The molecule has 0 fully saturated rings. The van der Waals surface area contributed by atoms with Crippen LogP contribution in [0.15, 0.2) is 24.3 Å². The molecule has 1 aromatic heterocycles. The number of nitrogen functional groups attached to an aromatic ring is 1. The molecule has 2 rings (SSSR count). The van der Waals surface area contributed by atoms with Crippen LogP contribution in [0.4, 0.5) is 11.5 Å². The summed E-state index contributed by atoms with van der Waals surface area (Å²) in [5.41, 5.74) is 9.78. The topological polar surface area (TPSA) is 82.0 Å². The molecule has 0 unspecified atom stereocenters. The van der Waals surface area contributed by atoms with E-state index < -0.39 is 4.92 Å². The molecule has 2 N–H and O–H groups in total. The second kappa shape index (κ2) is 4.68. The second-order valence-electron chi connectivity index (χ2n) is 4.63. The molecule has 0 saturated carbocycles. The monoisotopic (exact) mass is 257 g/mol. The van der Waals surface area contributed by atoms with Gasteiger partial charge in [0.05, 0.1) is 4.92 Å². The summed E-state index contributed by atoms with van der Waals surface area (Å²) in [6.45, 7) is 5.83. The Morgan fingerprint density at radius 1 is 1.16 bits per heavy atom. The summed E-state index contributed by atoms with van der Waals surface area (Å²) in [5.74, 6) is 0.278. The smallest absolute Gasteiger partial charge is 0.295 e. The Labute approximate surface area is 111 Å². The van der Waals surface area contributed by atoms with Gasteiger partial charge in [0, 0.05) is 11.6 Å². The molecule has 0 aliphatic carbocycles. The lowest BCUT2D eigenvalue weighted by Crippen LogP contribution is -2.01. The third-order valence-electron chi connectivity index (χ3n) is 3.01. The van der Waals surface area contributed by atoms with Crippen molar-refractivity contribution in [2.75, 3.05) is 5.73 Å². The summed E-state index contributed by atoms with van der Waals surface area (Å²) in [6, 6.07) is 6.81. The van der Waals surface area contributed by atoms with Crippen LogP contribution in [0.1, 0.15) is 16.7 Å². The zero-order valence-corrected chi connectivity index (χ0v) is 11.1. The van der Waals surface area contributed by atoms with E-state index in [0.29, 0.717) is 5.69 Å². The van der Waals surface area contributed by atoms with E-state index in [1.165, 1.54) is 12.1 Å². The predicted molar refractivity (Wildman–Crippen MR) is 75.0 cm³/mol. The van der Waals surface area contributed by atoms with Crippen LogP contribution in [0, 0.1) is 30.9 Å². The number of hydrogen-bond donors (Lipinski definition) is 1. The van der Waals surface area contributed by atoms with Gasteiger partial charge >= 0.3 is 0 Å². The highest BCUT2D eigenvalue weighted by Crippen LogP contribution is 2.34. The number of pyridine rings is 1. The fourth-order valence-corrected chi connectivity index (χ4v) is 2.35. The standard InChI is InChI=1S/C14H15N3O2/c1-8-6-9(2)13(10(3)7-8)14-11(17(18)19)4-5-12(15)16-14/h4-7H,1-3H3,(H2,15,16). The van der Waals surface area contributed by atoms with Gasteiger partial charge in [-0.15, -0.1) is 0 Å². The third-order valence-corrected chi connectivity index (χ3v) is 3.01.